The normalized spacial score (nSPS) is 10.5. The van der Waals surface area contributed by atoms with Crippen molar-refractivity contribution < 1.29 is 4.39 Å². The maximum absolute atomic E-state index is 12.6. The topological polar surface area (TPSA) is 3.24 Å². The summed E-state index contributed by atoms with van der Waals surface area (Å²) in [5.74, 6) is -0.166. The first kappa shape index (κ1) is 8.93. The number of hydrogen-bond donors (Lipinski definition) is 0. The van der Waals surface area contributed by atoms with E-state index >= 15 is 0 Å². The van der Waals surface area contributed by atoms with Crippen molar-refractivity contribution in [3.8, 4) is 0 Å². The van der Waals surface area contributed by atoms with Gasteiger partial charge in [0.05, 0.1) is 0 Å². The van der Waals surface area contributed by atoms with Crippen LogP contribution in [0.1, 0.15) is 5.56 Å². The van der Waals surface area contributed by atoms with Crippen molar-refractivity contribution in [2.24, 2.45) is 0 Å². The first-order valence-corrected chi connectivity index (χ1v) is 4.26. The van der Waals surface area contributed by atoms with Gasteiger partial charge in [-0.2, -0.15) is 0 Å². The highest BCUT2D eigenvalue weighted by molar-refractivity contribution is 14.1. The zero-order valence-electron chi connectivity index (χ0n) is 6.22. The van der Waals surface area contributed by atoms with E-state index < -0.39 is 0 Å². The zero-order valence-corrected chi connectivity index (χ0v) is 8.38. The molecule has 0 aliphatic carbocycles. The number of rotatable bonds is 2. The van der Waals surface area contributed by atoms with Crippen molar-refractivity contribution in [3.63, 3.8) is 0 Å². The van der Waals surface area contributed by atoms with Gasteiger partial charge in [0.15, 0.2) is 0 Å². The summed E-state index contributed by atoms with van der Waals surface area (Å²) in [5.41, 5.74) is 1.00. The number of halogens is 2. The lowest BCUT2D eigenvalue weighted by Gasteiger charge is -2.06. The predicted molar refractivity (Wildman–Crippen MR) is 51.9 cm³/mol. The Bertz CT molecular complexity index is 237. The molecule has 0 atom stereocenters. The SMILES string of the molecule is CN(I)Cc1cccc(F)c1. The molecule has 0 bridgehead atoms. The molecule has 0 fully saturated rings. The van der Waals surface area contributed by atoms with Gasteiger partial charge in [-0.3, -0.25) is 0 Å². The molecule has 11 heavy (non-hydrogen) atoms. The third-order valence-electron chi connectivity index (χ3n) is 1.29. The van der Waals surface area contributed by atoms with E-state index in [2.05, 4.69) is 22.9 Å². The second-order valence-corrected chi connectivity index (χ2v) is 4.04. The van der Waals surface area contributed by atoms with Crippen molar-refractivity contribution in [1.29, 1.82) is 0 Å². The van der Waals surface area contributed by atoms with Crippen LogP contribution in [0.25, 0.3) is 0 Å². The van der Waals surface area contributed by atoms with Gasteiger partial charge in [-0.05, 0) is 24.7 Å². The van der Waals surface area contributed by atoms with E-state index in [1.807, 2.05) is 16.2 Å². The lowest BCUT2D eigenvalue weighted by atomic mass is 10.2. The monoisotopic (exact) mass is 265 g/mol. The maximum Gasteiger partial charge on any atom is 0.123 e. The first-order valence-electron chi connectivity index (χ1n) is 3.30. The first-order chi connectivity index (χ1) is 5.18. The highest BCUT2D eigenvalue weighted by atomic mass is 127. The summed E-state index contributed by atoms with van der Waals surface area (Å²) >= 11 is 2.17. The Morgan fingerprint density at radius 2 is 2.27 bits per heavy atom. The van der Waals surface area contributed by atoms with Crippen LogP contribution < -0.4 is 0 Å². The second kappa shape index (κ2) is 4.01. The molecule has 0 radical (unpaired) electrons. The van der Waals surface area contributed by atoms with E-state index in [0.717, 1.165) is 12.1 Å². The average molecular weight is 265 g/mol. The van der Waals surface area contributed by atoms with Crippen LogP contribution in [0.5, 0.6) is 0 Å². The van der Waals surface area contributed by atoms with E-state index in [0.29, 0.717) is 0 Å². The van der Waals surface area contributed by atoms with Gasteiger partial charge in [-0.25, -0.2) is 7.50 Å². The molecule has 0 aromatic heterocycles. The van der Waals surface area contributed by atoms with Gasteiger partial charge in [0.25, 0.3) is 0 Å². The fourth-order valence-electron chi connectivity index (χ4n) is 0.887. The molecule has 1 aromatic carbocycles. The number of hydrogen-bond acceptors (Lipinski definition) is 1. The molecule has 0 saturated carbocycles. The molecule has 0 saturated heterocycles. The van der Waals surface area contributed by atoms with Crippen LogP contribution in [-0.4, -0.2) is 10.2 Å². The van der Waals surface area contributed by atoms with Crippen LogP contribution in [0.3, 0.4) is 0 Å². The maximum atomic E-state index is 12.6. The standard InChI is InChI=1S/C8H9FIN/c1-11(10)6-7-3-2-4-8(9)5-7/h2-5H,6H2,1H3. The summed E-state index contributed by atoms with van der Waals surface area (Å²) in [4.78, 5) is 0. The molecule has 0 unspecified atom stereocenters. The minimum absolute atomic E-state index is 0.166. The quantitative estimate of drug-likeness (QED) is 0.587. The van der Waals surface area contributed by atoms with Crippen LogP contribution in [0.2, 0.25) is 0 Å². The van der Waals surface area contributed by atoms with Crippen molar-refractivity contribution in [2.45, 2.75) is 6.54 Å². The molecular weight excluding hydrogens is 256 g/mol. The van der Waals surface area contributed by atoms with E-state index in [1.165, 1.54) is 6.07 Å². The van der Waals surface area contributed by atoms with Gasteiger partial charge >= 0.3 is 0 Å². The van der Waals surface area contributed by atoms with Crippen molar-refractivity contribution in [2.75, 3.05) is 7.05 Å². The average Bonchev–Trinajstić information content (AvgIpc) is 1.85. The minimum Gasteiger partial charge on any atom is -0.246 e. The Kier molecular flexibility index (Phi) is 3.26. The van der Waals surface area contributed by atoms with Crippen molar-refractivity contribution in [3.05, 3.63) is 35.6 Å². The van der Waals surface area contributed by atoms with Gasteiger partial charge in [-0.15, -0.1) is 0 Å². The molecule has 60 valence electrons. The van der Waals surface area contributed by atoms with Crippen LogP contribution in [0, 0.1) is 5.82 Å². The Morgan fingerprint density at radius 3 is 2.82 bits per heavy atom. The van der Waals surface area contributed by atoms with Gasteiger partial charge in [0, 0.05) is 29.4 Å². The summed E-state index contributed by atoms with van der Waals surface area (Å²) in [6.45, 7) is 0.776. The molecule has 1 rings (SSSR count). The molecular formula is C8H9FIN. The molecule has 1 nitrogen and oxygen atoms in total. The number of benzene rings is 1. The summed E-state index contributed by atoms with van der Waals surface area (Å²) in [6, 6.07) is 6.65. The van der Waals surface area contributed by atoms with Crippen LogP contribution in [0.15, 0.2) is 24.3 Å². The van der Waals surface area contributed by atoms with E-state index in [-0.39, 0.29) is 5.82 Å². The molecule has 0 heterocycles. The summed E-state index contributed by atoms with van der Waals surface area (Å²) in [5, 5.41) is 0. The summed E-state index contributed by atoms with van der Waals surface area (Å²) in [7, 11) is 1.95. The Balaban J connectivity index is 2.71. The third kappa shape index (κ3) is 3.16. The summed E-state index contributed by atoms with van der Waals surface area (Å²) < 4.78 is 14.6. The molecule has 1 aromatic rings. The second-order valence-electron chi connectivity index (χ2n) is 2.39. The van der Waals surface area contributed by atoms with Crippen LogP contribution >= 0.6 is 22.9 Å². The lowest BCUT2D eigenvalue weighted by molar-refractivity contribution is 0.594. The predicted octanol–water partition coefficient (Wildman–Crippen LogP) is 2.61. The highest BCUT2D eigenvalue weighted by Gasteiger charge is 1.96. The van der Waals surface area contributed by atoms with E-state index in [9.17, 15) is 4.39 Å². The van der Waals surface area contributed by atoms with Crippen molar-refractivity contribution in [1.82, 2.24) is 3.11 Å². The molecule has 0 spiro atoms. The smallest absolute Gasteiger partial charge is 0.123 e. The van der Waals surface area contributed by atoms with Gasteiger partial charge in [0.1, 0.15) is 5.82 Å². The molecule has 0 N–H and O–H groups in total. The summed E-state index contributed by atoms with van der Waals surface area (Å²) in [6.07, 6.45) is 0. The Labute approximate surface area is 79.7 Å². The minimum atomic E-state index is -0.166. The van der Waals surface area contributed by atoms with Gasteiger partial charge in [0.2, 0.25) is 0 Å². The highest BCUT2D eigenvalue weighted by Crippen LogP contribution is 2.07. The van der Waals surface area contributed by atoms with E-state index in [1.54, 1.807) is 12.1 Å². The fourth-order valence-corrected chi connectivity index (χ4v) is 1.28. The molecule has 3 heteroatoms. The Hall–Kier alpha value is -0.160. The number of nitrogens with zero attached hydrogens (tertiary/aromatic N) is 1. The third-order valence-corrected chi connectivity index (χ3v) is 1.63. The largest absolute Gasteiger partial charge is 0.246 e. The fraction of sp³-hybridized carbons (Fsp3) is 0.250. The van der Waals surface area contributed by atoms with Crippen LogP contribution in [0.4, 0.5) is 4.39 Å². The Morgan fingerprint density at radius 1 is 1.55 bits per heavy atom. The lowest BCUT2D eigenvalue weighted by Crippen LogP contribution is -2.02. The molecule has 0 aliphatic rings. The van der Waals surface area contributed by atoms with Gasteiger partial charge in [-0.1, -0.05) is 12.1 Å². The molecule has 0 aliphatic heterocycles. The molecule has 0 amide bonds. The zero-order chi connectivity index (χ0) is 8.27. The van der Waals surface area contributed by atoms with Gasteiger partial charge < -0.3 is 0 Å². The van der Waals surface area contributed by atoms with E-state index in [4.69, 9.17) is 0 Å². The van der Waals surface area contributed by atoms with Crippen molar-refractivity contribution >= 4 is 22.9 Å². The van der Waals surface area contributed by atoms with Crippen LogP contribution in [-0.2, 0) is 6.54 Å².